The number of amides is 1. The van der Waals surface area contributed by atoms with Crippen LogP contribution in [0.3, 0.4) is 0 Å². The highest BCUT2D eigenvalue weighted by Gasteiger charge is 2.22. The van der Waals surface area contributed by atoms with E-state index in [2.05, 4.69) is 10.6 Å². The van der Waals surface area contributed by atoms with Crippen molar-refractivity contribution in [1.82, 2.24) is 10.6 Å². The molecule has 1 saturated carbocycles. The van der Waals surface area contributed by atoms with Gasteiger partial charge in [0, 0.05) is 17.6 Å². The first-order chi connectivity index (χ1) is 9.76. The van der Waals surface area contributed by atoms with Crippen LogP contribution >= 0.6 is 0 Å². The normalized spacial score (nSPS) is 25.2. The molecule has 0 atom stereocenters. The van der Waals surface area contributed by atoms with Crippen LogP contribution in [0, 0.1) is 0 Å². The van der Waals surface area contributed by atoms with Gasteiger partial charge in [-0.05, 0) is 56.0 Å². The number of hydrogen-bond acceptors (Lipinski definition) is 3. The number of hydrogen-bond donors (Lipinski definition) is 2. The summed E-state index contributed by atoms with van der Waals surface area (Å²) in [6.07, 6.45) is 4.40. The molecule has 1 aromatic carbocycles. The van der Waals surface area contributed by atoms with Crippen LogP contribution in [0.5, 0.6) is 0 Å². The summed E-state index contributed by atoms with van der Waals surface area (Å²) in [5.74, 6) is 0.0487. The number of rotatable bonds is 3. The Bertz CT molecular complexity index is 493. The first-order valence-corrected chi connectivity index (χ1v) is 7.44. The van der Waals surface area contributed by atoms with Gasteiger partial charge in [0.25, 0.3) is 5.91 Å². The Hall–Kier alpha value is -1.39. The van der Waals surface area contributed by atoms with Crippen LogP contribution in [0.4, 0.5) is 0 Å². The maximum absolute atomic E-state index is 12.3. The van der Waals surface area contributed by atoms with Crippen molar-refractivity contribution in [3.63, 3.8) is 0 Å². The molecule has 0 radical (unpaired) electrons. The summed E-state index contributed by atoms with van der Waals surface area (Å²) in [5.41, 5.74) is 3.11. The highest BCUT2D eigenvalue weighted by Crippen LogP contribution is 2.22. The number of ether oxygens (including phenoxy) is 1. The summed E-state index contributed by atoms with van der Waals surface area (Å²) in [6.45, 7) is 1.30. The Morgan fingerprint density at radius 3 is 2.55 bits per heavy atom. The maximum Gasteiger partial charge on any atom is 0.251 e. The lowest BCUT2D eigenvalue weighted by molar-refractivity contribution is 0.0924. The van der Waals surface area contributed by atoms with E-state index >= 15 is 0 Å². The monoisotopic (exact) mass is 274 g/mol. The predicted octanol–water partition coefficient (Wildman–Crippen LogP) is 1.98. The Balaban J connectivity index is 1.59. The fourth-order valence-electron chi connectivity index (χ4n) is 3.11. The molecule has 0 bridgehead atoms. The first-order valence-electron chi connectivity index (χ1n) is 7.44. The van der Waals surface area contributed by atoms with Gasteiger partial charge in [-0.1, -0.05) is 6.07 Å². The average Bonchev–Trinajstić information content (AvgIpc) is 2.95. The molecule has 20 heavy (non-hydrogen) atoms. The minimum atomic E-state index is 0.0487. The molecule has 2 N–H and O–H groups in total. The Morgan fingerprint density at radius 1 is 1.10 bits per heavy atom. The topological polar surface area (TPSA) is 50.4 Å². The molecule has 1 aliphatic carbocycles. The van der Waals surface area contributed by atoms with Crippen molar-refractivity contribution in [3.8, 4) is 0 Å². The van der Waals surface area contributed by atoms with Gasteiger partial charge in [-0.2, -0.15) is 0 Å². The molecule has 0 unspecified atom stereocenters. The second-order valence-electron chi connectivity index (χ2n) is 5.79. The zero-order valence-electron chi connectivity index (χ0n) is 11.9. The van der Waals surface area contributed by atoms with E-state index in [0.717, 1.165) is 36.8 Å². The maximum atomic E-state index is 12.3. The van der Waals surface area contributed by atoms with Gasteiger partial charge >= 0.3 is 0 Å². The second-order valence-corrected chi connectivity index (χ2v) is 5.79. The molecule has 0 spiro atoms. The molecule has 0 aromatic heterocycles. The molecular weight excluding hydrogens is 252 g/mol. The first kappa shape index (κ1) is 13.6. The largest absolute Gasteiger partial charge is 0.372 e. The minimum absolute atomic E-state index is 0.0487. The molecule has 1 aliphatic heterocycles. The molecule has 4 heteroatoms. The van der Waals surface area contributed by atoms with Gasteiger partial charge in [-0.25, -0.2) is 0 Å². The quantitative estimate of drug-likeness (QED) is 0.886. The zero-order valence-corrected chi connectivity index (χ0v) is 11.9. The fourth-order valence-corrected chi connectivity index (χ4v) is 3.11. The van der Waals surface area contributed by atoms with Crippen molar-refractivity contribution in [2.45, 2.75) is 51.0 Å². The molecule has 1 amide bonds. The summed E-state index contributed by atoms with van der Waals surface area (Å²) in [7, 11) is 2.01. The fraction of sp³-hybridized carbons (Fsp3) is 0.562. The summed E-state index contributed by atoms with van der Waals surface area (Å²) in [6, 6.07) is 6.81. The van der Waals surface area contributed by atoms with E-state index in [9.17, 15) is 4.79 Å². The van der Waals surface area contributed by atoms with Crippen LogP contribution in [0.15, 0.2) is 18.2 Å². The average molecular weight is 274 g/mol. The van der Waals surface area contributed by atoms with E-state index < -0.39 is 0 Å². The summed E-state index contributed by atoms with van der Waals surface area (Å²) < 4.78 is 5.39. The van der Waals surface area contributed by atoms with Crippen molar-refractivity contribution < 1.29 is 9.53 Å². The van der Waals surface area contributed by atoms with E-state index in [-0.39, 0.29) is 5.91 Å². The Labute approximate surface area is 119 Å². The van der Waals surface area contributed by atoms with Crippen LogP contribution in [0.2, 0.25) is 0 Å². The van der Waals surface area contributed by atoms with E-state index in [1.54, 1.807) is 0 Å². The third kappa shape index (κ3) is 2.86. The molecule has 3 rings (SSSR count). The Kier molecular flexibility index (Phi) is 4.03. The molecule has 108 valence electrons. The van der Waals surface area contributed by atoms with Crippen molar-refractivity contribution in [2.24, 2.45) is 0 Å². The van der Waals surface area contributed by atoms with Crippen LogP contribution in [-0.4, -0.2) is 25.0 Å². The van der Waals surface area contributed by atoms with E-state index in [4.69, 9.17) is 4.74 Å². The number of nitrogens with one attached hydrogen (secondary N) is 2. The second kappa shape index (κ2) is 5.94. The summed E-state index contributed by atoms with van der Waals surface area (Å²) in [5, 5.41) is 6.47. The van der Waals surface area contributed by atoms with Crippen LogP contribution in [-0.2, 0) is 18.0 Å². The standard InChI is InChI=1S/C16H22N2O2/c1-17-14-4-6-15(7-5-14)18-16(19)11-2-3-12-9-20-10-13(12)8-11/h2-3,8,14-15,17H,4-7,9-10H2,1H3,(H,18,19). The lowest BCUT2D eigenvalue weighted by Crippen LogP contribution is -2.41. The predicted molar refractivity (Wildman–Crippen MR) is 77.5 cm³/mol. The Morgan fingerprint density at radius 2 is 1.80 bits per heavy atom. The zero-order chi connectivity index (χ0) is 13.9. The van der Waals surface area contributed by atoms with E-state index in [1.807, 2.05) is 25.2 Å². The van der Waals surface area contributed by atoms with Crippen molar-refractivity contribution >= 4 is 5.91 Å². The molecular formula is C16H22N2O2. The lowest BCUT2D eigenvalue weighted by atomic mass is 9.91. The minimum Gasteiger partial charge on any atom is -0.372 e. The lowest BCUT2D eigenvalue weighted by Gasteiger charge is -2.28. The molecule has 1 fully saturated rings. The van der Waals surface area contributed by atoms with Gasteiger partial charge < -0.3 is 15.4 Å². The summed E-state index contributed by atoms with van der Waals surface area (Å²) in [4.78, 5) is 12.3. The highest BCUT2D eigenvalue weighted by atomic mass is 16.5. The molecule has 0 saturated heterocycles. The number of carbonyl (C=O) groups is 1. The van der Waals surface area contributed by atoms with Crippen molar-refractivity contribution in [2.75, 3.05) is 7.05 Å². The molecule has 1 aromatic rings. The highest BCUT2D eigenvalue weighted by molar-refractivity contribution is 5.94. The van der Waals surface area contributed by atoms with Gasteiger partial charge in [0.1, 0.15) is 0 Å². The van der Waals surface area contributed by atoms with E-state index in [1.165, 1.54) is 5.56 Å². The van der Waals surface area contributed by atoms with Gasteiger partial charge in [0.05, 0.1) is 13.2 Å². The molecule has 4 nitrogen and oxygen atoms in total. The van der Waals surface area contributed by atoms with Gasteiger partial charge in [0.2, 0.25) is 0 Å². The van der Waals surface area contributed by atoms with Crippen LogP contribution in [0.1, 0.15) is 47.2 Å². The summed E-state index contributed by atoms with van der Waals surface area (Å²) >= 11 is 0. The third-order valence-corrected chi connectivity index (χ3v) is 4.45. The SMILES string of the molecule is CNC1CCC(NC(=O)c2ccc3c(c2)COC3)CC1. The van der Waals surface area contributed by atoms with Gasteiger partial charge in [0.15, 0.2) is 0 Å². The van der Waals surface area contributed by atoms with E-state index in [0.29, 0.717) is 25.3 Å². The van der Waals surface area contributed by atoms with Gasteiger partial charge in [-0.3, -0.25) is 4.79 Å². The van der Waals surface area contributed by atoms with Crippen LogP contribution < -0.4 is 10.6 Å². The van der Waals surface area contributed by atoms with Gasteiger partial charge in [-0.15, -0.1) is 0 Å². The number of benzene rings is 1. The van der Waals surface area contributed by atoms with Crippen molar-refractivity contribution in [1.29, 1.82) is 0 Å². The smallest absolute Gasteiger partial charge is 0.251 e. The number of carbonyl (C=O) groups excluding carboxylic acids is 1. The molecule has 1 heterocycles. The molecule has 2 aliphatic rings. The number of fused-ring (bicyclic) bond motifs is 1. The third-order valence-electron chi connectivity index (χ3n) is 4.45. The van der Waals surface area contributed by atoms with Crippen LogP contribution in [0.25, 0.3) is 0 Å². The van der Waals surface area contributed by atoms with Crippen molar-refractivity contribution in [3.05, 3.63) is 34.9 Å².